The van der Waals surface area contributed by atoms with E-state index in [4.69, 9.17) is 9.57 Å². The van der Waals surface area contributed by atoms with Crippen LogP contribution >= 0.6 is 0 Å². The molecule has 2 fully saturated rings. The number of carbonyl (C=O) groups is 3. The standard InChI is InChI=1S/C25H19FN2O5/c1-15(29)32-20-13-11-18(12-14-20)27-24(30)21-22(16-7-9-17(26)10-8-16)28(33-23(21)25(27)31)19-5-3-2-4-6-19/h2-14,21-23H,1H3/t21-,22+,23-/m0/s1. The third-order valence-corrected chi connectivity index (χ3v) is 5.69. The van der Waals surface area contributed by atoms with Gasteiger partial charge in [-0.3, -0.25) is 19.2 Å². The lowest BCUT2D eigenvalue weighted by atomic mass is 9.90. The summed E-state index contributed by atoms with van der Waals surface area (Å²) in [6.45, 7) is 1.29. The van der Waals surface area contributed by atoms with Crippen molar-refractivity contribution in [1.82, 2.24) is 0 Å². The van der Waals surface area contributed by atoms with Crippen LogP contribution in [0.4, 0.5) is 15.8 Å². The number of fused-ring (bicyclic) bond motifs is 1. The van der Waals surface area contributed by atoms with Crippen LogP contribution in [0, 0.1) is 11.7 Å². The van der Waals surface area contributed by atoms with Gasteiger partial charge in [-0.1, -0.05) is 30.3 Å². The predicted octanol–water partition coefficient (Wildman–Crippen LogP) is 3.80. The minimum absolute atomic E-state index is 0.307. The fourth-order valence-corrected chi connectivity index (χ4v) is 4.30. The number of esters is 1. The second-order valence-electron chi connectivity index (χ2n) is 7.81. The molecule has 3 atom stereocenters. The van der Waals surface area contributed by atoms with Crippen molar-refractivity contribution in [3.05, 3.63) is 90.2 Å². The fourth-order valence-electron chi connectivity index (χ4n) is 4.30. The van der Waals surface area contributed by atoms with Gasteiger partial charge in [-0.25, -0.2) is 14.4 Å². The summed E-state index contributed by atoms with van der Waals surface area (Å²) in [7, 11) is 0. The number of hydrogen-bond donors (Lipinski definition) is 0. The molecule has 3 aromatic carbocycles. The molecule has 0 radical (unpaired) electrons. The molecule has 5 rings (SSSR count). The van der Waals surface area contributed by atoms with E-state index in [0.29, 0.717) is 22.7 Å². The van der Waals surface area contributed by atoms with Crippen molar-refractivity contribution in [3.63, 3.8) is 0 Å². The monoisotopic (exact) mass is 446 g/mol. The van der Waals surface area contributed by atoms with Crippen LogP contribution in [-0.2, 0) is 19.2 Å². The zero-order valence-electron chi connectivity index (χ0n) is 17.6. The lowest BCUT2D eigenvalue weighted by Crippen LogP contribution is -2.37. The number of amides is 2. The molecule has 2 aliphatic rings. The van der Waals surface area contributed by atoms with Gasteiger partial charge in [0.05, 0.1) is 17.4 Å². The Kier molecular flexibility index (Phi) is 5.14. The van der Waals surface area contributed by atoms with Gasteiger partial charge >= 0.3 is 5.97 Å². The van der Waals surface area contributed by atoms with Crippen LogP contribution in [0.5, 0.6) is 5.75 Å². The number of nitrogens with zero attached hydrogens (tertiary/aromatic N) is 2. The maximum absolute atomic E-state index is 13.6. The van der Waals surface area contributed by atoms with E-state index in [1.54, 1.807) is 17.2 Å². The zero-order chi connectivity index (χ0) is 23.1. The second-order valence-corrected chi connectivity index (χ2v) is 7.81. The fraction of sp³-hybridized carbons (Fsp3) is 0.160. The minimum atomic E-state index is -1.03. The SMILES string of the molecule is CC(=O)Oc1ccc(N2C(=O)[C@@H]3[C@H](ON(c4ccccc4)[C@@H]3c3ccc(F)cc3)C2=O)cc1. The average Bonchev–Trinajstić information content (AvgIpc) is 3.31. The summed E-state index contributed by atoms with van der Waals surface area (Å²) >= 11 is 0. The van der Waals surface area contributed by atoms with Crippen molar-refractivity contribution in [2.45, 2.75) is 19.1 Å². The first-order valence-electron chi connectivity index (χ1n) is 10.4. The molecule has 0 bridgehead atoms. The lowest BCUT2D eigenvalue weighted by molar-refractivity contribution is -0.132. The summed E-state index contributed by atoms with van der Waals surface area (Å²) in [5.74, 6) is -2.29. The summed E-state index contributed by atoms with van der Waals surface area (Å²) in [6, 6.07) is 20.4. The van der Waals surface area contributed by atoms with Crippen LogP contribution in [0.3, 0.4) is 0 Å². The number of para-hydroxylation sites is 1. The highest BCUT2D eigenvalue weighted by Crippen LogP contribution is 2.47. The molecule has 0 spiro atoms. The minimum Gasteiger partial charge on any atom is -0.427 e. The molecule has 33 heavy (non-hydrogen) atoms. The Labute approximate surface area is 188 Å². The van der Waals surface area contributed by atoms with Crippen LogP contribution < -0.4 is 14.7 Å². The lowest BCUT2D eigenvalue weighted by Gasteiger charge is -2.28. The summed E-state index contributed by atoms with van der Waals surface area (Å²) in [5.41, 5.74) is 1.68. The molecule has 0 aliphatic carbocycles. The number of ether oxygens (including phenoxy) is 1. The van der Waals surface area contributed by atoms with Gasteiger partial charge in [0, 0.05) is 6.92 Å². The molecule has 3 aromatic rings. The third kappa shape index (κ3) is 3.64. The Balaban J connectivity index is 1.51. The molecule has 2 heterocycles. The van der Waals surface area contributed by atoms with Gasteiger partial charge in [0.25, 0.3) is 5.91 Å². The molecule has 0 saturated carbocycles. The largest absolute Gasteiger partial charge is 0.427 e. The van der Waals surface area contributed by atoms with Crippen LogP contribution in [0.2, 0.25) is 0 Å². The quantitative estimate of drug-likeness (QED) is 0.345. The van der Waals surface area contributed by atoms with E-state index in [0.717, 1.165) is 4.90 Å². The van der Waals surface area contributed by atoms with Crippen LogP contribution in [0.15, 0.2) is 78.9 Å². The number of imide groups is 1. The molecule has 7 nitrogen and oxygen atoms in total. The van der Waals surface area contributed by atoms with E-state index in [1.165, 1.54) is 43.3 Å². The first kappa shape index (κ1) is 20.8. The number of hydrogen-bond acceptors (Lipinski definition) is 6. The van der Waals surface area contributed by atoms with Crippen LogP contribution in [0.1, 0.15) is 18.5 Å². The maximum Gasteiger partial charge on any atom is 0.308 e. The molecule has 166 valence electrons. The predicted molar refractivity (Wildman–Crippen MR) is 117 cm³/mol. The summed E-state index contributed by atoms with van der Waals surface area (Å²) in [6.07, 6.45) is -1.03. The smallest absolute Gasteiger partial charge is 0.308 e. The van der Waals surface area contributed by atoms with Gasteiger partial charge in [-0.05, 0) is 54.1 Å². The van der Waals surface area contributed by atoms with E-state index in [2.05, 4.69) is 0 Å². The van der Waals surface area contributed by atoms with Gasteiger partial charge in [-0.2, -0.15) is 0 Å². The average molecular weight is 446 g/mol. The van der Waals surface area contributed by atoms with Gasteiger partial charge < -0.3 is 4.74 Å². The molecule has 0 N–H and O–H groups in total. The number of carbonyl (C=O) groups excluding carboxylic acids is 3. The highest BCUT2D eigenvalue weighted by atomic mass is 19.1. The van der Waals surface area contributed by atoms with Gasteiger partial charge in [0.15, 0.2) is 6.10 Å². The molecular weight excluding hydrogens is 427 g/mol. The number of hydroxylamine groups is 1. The molecule has 0 aromatic heterocycles. The first-order chi connectivity index (χ1) is 15.9. The second kappa shape index (κ2) is 8.14. The van der Waals surface area contributed by atoms with Gasteiger partial charge in [-0.15, -0.1) is 0 Å². The molecule has 2 saturated heterocycles. The topological polar surface area (TPSA) is 76.2 Å². The normalized spacial score (nSPS) is 21.9. The maximum atomic E-state index is 13.6. The van der Waals surface area contributed by atoms with Crippen molar-refractivity contribution in [3.8, 4) is 5.75 Å². The van der Waals surface area contributed by atoms with E-state index in [-0.39, 0.29) is 0 Å². The highest BCUT2D eigenvalue weighted by molar-refractivity contribution is 6.23. The summed E-state index contributed by atoms with van der Waals surface area (Å²) < 4.78 is 18.6. The Morgan fingerprint density at radius 1 is 0.879 bits per heavy atom. The van der Waals surface area contributed by atoms with Gasteiger partial charge in [0.1, 0.15) is 17.5 Å². The third-order valence-electron chi connectivity index (χ3n) is 5.69. The molecule has 2 amide bonds. The molecular formula is C25H19FN2O5. The Morgan fingerprint density at radius 2 is 1.55 bits per heavy atom. The molecule has 2 aliphatic heterocycles. The number of anilines is 2. The van der Waals surface area contributed by atoms with Crippen LogP contribution in [-0.4, -0.2) is 23.9 Å². The zero-order valence-corrected chi connectivity index (χ0v) is 17.6. The first-order valence-corrected chi connectivity index (χ1v) is 10.4. The van der Waals surface area contributed by atoms with Crippen molar-refractivity contribution >= 4 is 29.2 Å². The molecule has 0 unspecified atom stereocenters. The van der Waals surface area contributed by atoms with Crippen molar-refractivity contribution in [2.24, 2.45) is 5.92 Å². The Morgan fingerprint density at radius 3 is 2.18 bits per heavy atom. The van der Waals surface area contributed by atoms with E-state index >= 15 is 0 Å². The van der Waals surface area contributed by atoms with E-state index < -0.39 is 41.7 Å². The summed E-state index contributed by atoms with van der Waals surface area (Å²) in [5, 5.41) is 1.56. The van der Waals surface area contributed by atoms with Gasteiger partial charge in [0.2, 0.25) is 5.91 Å². The van der Waals surface area contributed by atoms with Crippen molar-refractivity contribution in [1.29, 1.82) is 0 Å². The Hall–Kier alpha value is -4.04. The van der Waals surface area contributed by atoms with Crippen molar-refractivity contribution in [2.75, 3.05) is 9.96 Å². The van der Waals surface area contributed by atoms with E-state index in [1.807, 2.05) is 30.3 Å². The number of benzene rings is 3. The number of halogens is 1. The highest BCUT2D eigenvalue weighted by Gasteiger charge is 2.60. The van der Waals surface area contributed by atoms with E-state index in [9.17, 15) is 18.8 Å². The summed E-state index contributed by atoms with van der Waals surface area (Å²) in [4.78, 5) is 45.1. The van der Waals surface area contributed by atoms with Crippen LogP contribution in [0.25, 0.3) is 0 Å². The van der Waals surface area contributed by atoms with Crippen molar-refractivity contribution < 1.29 is 28.3 Å². The Bertz CT molecular complexity index is 1210. The number of rotatable bonds is 4. The molecule has 8 heteroatoms.